The minimum atomic E-state index is -0.401. The minimum absolute atomic E-state index is 0.129. The Balaban J connectivity index is 2.83. The molecule has 0 atom stereocenters. The monoisotopic (exact) mass is 214 g/mol. The minimum Gasteiger partial charge on any atom is -0.368 e. The lowest BCUT2D eigenvalue weighted by atomic mass is 10.4. The van der Waals surface area contributed by atoms with E-state index in [1.54, 1.807) is 11.0 Å². The molecule has 6 heteroatoms. The first-order chi connectivity index (χ1) is 6.63. The summed E-state index contributed by atoms with van der Waals surface area (Å²) in [4.78, 5) is 20.2. The van der Waals surface area contributed by atoms with Gasteiger partial charge >= 0.3 is 0 Å². The summed E-state index contributed by atoms with van der Waals surface area (Å²) in [6.07, 6.45) is 1.35. The molecule has 1 aromatic rings. The van der Waals surface area contributed by atoms with Crippen LogP contribution in [0.15, 0.2) is 12.4 Å². The van der Waals surface area contributed by atoms with E-state index in [1.807, 2.05) is 6.92 Å². The number of nitrogens with two attached hydrogens (primary N) is 1. The van der Waals surface area contributed by atoms with E-state index in [2.05, 4.69) is 9.97 Å². The molecule has 0 saturated heterocycles. The Hall–Kier alpha value is -1.36. The summed E-state index contributed by atoms with van der Waals surface area (Å²) >= 11 is 5.69. The molecule has 0 aliphatic rings. The summed E-state index contributed by atoms with van der Waals surface area (Å²) < 4.78 is 0. The number of halogens is 1. The van der Waals surface area contributed by atoms with Crippen LogP contribution in [-0.2, 0) is 4.79 Å². The largest absolute Gasteiger partial charge is 0.368 e. The summed E-state index contributed by atoms with van der Waals surface area (Å²) in [5.41, 5.74) is 5.09. The molecule has 2 N–H and O–H groups in total. The van der Waals surface area contributed by atoms with E-state index < -0.39 is 5.91 Å². The average Bonchev–Trinajstić information content (AvgIpc) is 2.14. The van der Waals surface area contributed by atoms with E-state index in [1.165, 1.54) is 6.33 Å². The molecular weight excluding hydrogens is 204 g/mol. The van der Waals surface area contributed by atoms with Gasteiger partial charge in [-0.05, 0) is 6.92 Å². The van der Waals surface area contributed by atoms with Crippen LogP contribution < -0.4 is 10.6 Å². The van der Waals surface area contributed by atoms with Gasteiger partial charge in [-0.2, -0.15) is 0 Å². The number of amides is 1. The third kappa shape index (κ3) is 2.85. The van der Waals surface area contributed by atoms with Crippen LogP contribution >= 0.6 is 11.6 Å². The fraction of sp³-hybridized carbons (Fsp3) is 0.375. The van der Waals surface area contributed by atoms with Gasteiger partial charge in [0.1, 0.15) is 17.3 Å². The second kappa shape index (κ2) is 4.76. The van der Waals surface area contributed by atoms with Crippen molar-refractivity contribution in [1.82, 2.24) is 9.97 Å². The molecular formula is C8H11ClN4O. The number of carbonyl (C=O) groups is 1. The average molecular weight is 215 g/mol. The van der Waals surface area contributed by atoms with Gasteiger partial charge in [-0.15, -0.1) is 0 Å². The van der Waals surface area contributed by atoms with Crippen LogP contribution in [-0.4, -0.2) is 29.0 Å². The number of anilines is 1. The molecule has 0 radical (unpaired) electrons. The van der Waals surface area contributed by atoms with E-state index >= 15 is 0 Å². The topological polar surface area (TPSA) is 72.1 Å². The van der Waals surface area contributed by atoms with Crippen molar-refractivity contribution < 1.29 is 4.79 Å². The van der Waals surface area contributed by atoms with Crippen molar-refractivity contribution in [2.24, 2.45) is 5.73 Å². The van der Waals surface area contributed by atoms with Gasteiger partial charge in [0, 0.05) is 12.6 Å². The Morgan fingerprint density at radius 2 is 2.36 bits per heavy atom. The Morgan fingerprint density at radius 1 is 1.64 bits per heavy atom. The highest BCUT2D eigenvalue weighted by atomic mass is 35.5. The van der Waals surface area contributed by atoms with Crippen molar-refractivity contribution in [3.8, 4) is 0 Å². The number of hydrogen-bond acceptors (Lipinski definition) is 4. The zero-order valence-corrected chi connectivity index (χ0v) is 8.53. The standard InChI is InChI=1S/C8H11ClN4O/c1-2-13(4-7(10)14)8-3-6(9)11-5-12-8/h3,5H,2,4H2,1H3,(H2,10,14). The maximum Gasteiger partial charge on any atom is 0.236 e. The number of hydrogen-bond donors (Lipinski definition) is 1. The number of aromatic nitrogens is 2. The molecule has 76 valence electrons. The van der Waals surface area contributed by atoms with Gasteiger partial charge in [-0.25, -0.2) is 9.97 Å². The van der Waals surface area contributed by atoms with E-state index in [-0.39, 0.29) is 6.54 Å². The van der Waals surface area contributed by atoms with Crippen LogP contribution in [0.2, 0.25) is 5.15 Å². The molecule has 1 amide bonds. The molecule has 14 heavy (non-hydrogen) atoms. The van der Waals surface area contributed by atoms with Gasteiger partial charge < -0.3 is 10.6 Å². The van der Waals surface area contributed by atoms with Crippen molar-refractivity contribution in [2.45, 2.75) is 6.92 Å². The quantitative estimate of drug-likeness (QED) is 0.739. The smallest absolute Gasteiger partial charge is 0.236 e. The van der Waals surface area contributed by atoms with Crippen LogP contribution in [0, 0.1) is 0 Å². The maximum absolute atomic E-state index is 10.7. The summed E-state index contributed by atoms with van der Waals surface area (Å²) in [6.45, 7) is 2.67. The second-order valence-corrected chi connectivity index (χ2v) is 3.07. The van der Waals surface area contributed by atoms with E-state index in [9.17, 15) is 4.79 Å². The van der Waals surface area contributed by atoms with Crippen LogP contribution in [0.25, 0.3) is 0 Å². The summed E-state index contributed by atoms with van der Waals surface area (Å²) in [6, 6.07) is 1.59. The molecule has 1 aromatic heterocycles. The third-order valence-electron chi connectivity index (χ3n) is 1.67. The molecule has 0 aromatic carbocycles. The number of nitrogens with zero attached hydrogens (tertiary/aromatic N) is 3. The second-order valence-electron chi connectivity index (χ2n) is 2.68. The summed E-state index contributed by atoms with van der Waals surface area (Å²) in [5.74, 6) is 0.202. The third-order valence-corrected chi connectivity index (χ3v) is 1.88. The lowest BCUT2D eigenvalue weighted by Gasteiger charge is -2.19. The van der Waals surface area contributed by atoms with Crippen molar-refractivity contribution in [1.29, 1.82) is 0 Å². The molecule has 5 nitrogen and oxygen atoms in total. The van der Waals surface area contributed by atoms with Crippen molar-refractivity contribution in [3.63, 3.8) is 0 Å². The lowest BCUT2D eigenvalue weighted by Crippen LogP contribution is -2.34. The zero-order chi connectivity index (χ0) is 10.6. The molecule has 1 rings (SSSR count). The van der Waals surface area contributed by atoms with Gasteiger partial charge in [0.15, 0.2) is 0 Å². The van der Waals surface area contributed by atoms with Gasteiger partial charge in [0.2, 0.25) is 5.91 Å². The van der Waals surface area contributed by atoms with Gasteiger partial charge in [0.25, 0.3) is 0 Å². The molecule has 0 aliphatic carbocycles. The number of rotatable bonds is 4. The lowest BCUT2D eigenvalue weighted by molar-refractivity contribution is -0.116. The van der Waals surface area contributed by atoms with Gasteiger partial charge in [-0.1, -0.05) is 11.6 Å². The predicted octanol–water partition coefficient (Wildman–Crippen LogP) is 0.442. The highest BCUT2D eigenvalue weighted by Crippen LogP contribution is 2.13. The highest BCUT2D eigenvalue weighted by molar-refractivity contribution is 6.29. The first-order valence-corrected chi connectivity index (χ1v) is 4.52. The van der Waals surface area contributed by atoms with Gasteiger partial charge in [0.05, 0.1) is 6.54 Å². The summed E-state index contributed by atoms with van der Waals surface area (Å²) in [5, 5.41) is 0.345. The van der Waals surface area contributed by atoms with Crippen LogP contribution in [0.4, 0.5) is 5.82 Å². The molecule has 1 heterocycles. The fourth-order valence-corrected chi connectivity index (χ4v) is 1.18. The molecule has 0 bridgehead atoms. The first kappa shape index (κ1) is 10.7. The van der Waals surface area contributed by atoms with Crippen LogP contribution in [0.1, 0.15) is 6.92 Å². The molecule has 0 fully saturated rings. The molecule has 0 spiro atoms. The van der Waals surface area contributed by atoms with Gasteiger partial charge in [-0.3, -0.25) is 4.79 Å². The Kier molecular flexibility index (Phi) is 3.64. The fourth-order valence-electron chi connectivity index (χ4n) is 1.04. The Morgan fingerprint density at radius 3 is 2.86 bits per heavy atom. The summed E-state index contributed by atoms with van der Waals surface area (Å²) in [7, 11) is 0. The van der Waals surface area contributed by atoms with E-state index in [0.29, 0.717) is 17.5 Å². The number of primary amides is 1. The van der Waals surface area contributed by atoms with Crippen molar-refractivity contribution in [2.75, 3.05) is 18.0 Å². The number of carbonyl (C=O) groups excluding carboxylic acids is 1. The van der Waals surface area contributed by atoms with E-state index in [4.69, 9.17) is 17.3 Å². The molecule has 0 unspecified atom stereocenters. The first-order valence-electron chi connectivity index (χ1n) is 4.14. The van der Waals surface area contributed by atoms with Crippen molar-refractivity contribution in [3.05, 3.63) is 17.5 Å². The Bertz CT molecular complexity index is 331. The zero-order valence-electron chi connectivity index (χ0n) is 7.77. The van der Waals surface area contributed by atoms with Crippen LogP contribution in [0.3, 0.4) is 0 Å². The molecule has 0 saturated carbocycles. The van der Waals surface area contributed by atoms with E-state index in [0.717, 1.165) is 0 Å². The highest BCUT2D eigenvalue weighted by Gasteiger charge is 2.08. The Labute approximate surface area is 86.9 Å². The number of likely N-dealkylation sites (N-methyl/N-ethyl adjacent to an activating group) is 1. The van der Waals surface area contributed by atoms with Crippen LogP contribution in [0.5, 0.6) is 0 Å². The normalized spacial score (nSPS) is 9.86. The SMILES string of the molecule is CCN(CC(N)=O)c1cc(Cl)ncn1. The van der Waals surface area contributed by atoms with Crippen molar-refractivity contribution >= 4 is 23.3 Å². The maximum atomic E-state index is 10.7. The molecule has 0 aliphatic heterocycles. The predicted molar refractivity (Wildman–Crippen MR) is 54.1 cm³/mol.